The van der Waals surface area contributed by atoms with Crippen LogP contribution in [-0.4, -0.2) is 146 Å². The summed E-state index contributed by atoms with van der Waals surface area (Å²) in [5, 5.41) is 27.6. The molecule has 0 aliphatic heterocycles. The maximum atomic E-state index is 15.1. The predicted molar refractivity (Wildman–Crippen MR) is 236 cm³/mol. The third-order valence-electron chi connectivity index (χ3n) is 9.65. The number of benzene rings is 2. The summed E-state index contributed by atoms with van der Waals surface area (Å²) in [7, 11) is 0. The molecule has 2 aromatic carbocycles. The van der Waals surface area contributed by atoms with E-state index in [1.807, 2.05) is 55.7 Å². The monoisotopic (exact) mass is 966 g/mol. The molecule has 3 aromatic rings. The summed E-state index contributed by atoms with van der Waals surface area (Å²) in [6, 6.07) is 10.6. The molecule has 0 aliphatic rings. The first-order valence-electron chi connectivity index (χ1n) is 20.8. The van der Waals surface area contributed by atoms with E-state index in [9.17, 15) is 38.6 Å². The van der Waals surface area contributed by atoms with Crippen LogP contribution in [0.5, 0.6) is 0 Å². The van der Waals surface area contributed by atoms with E-state index in [0.717, 1.165) is 23.8 Å². The Balaban J connectivity index is 1.52. The quantitative estimate of drug-likeness (QED) is 0.0419. The average Bonchev–Trinajstić information content (AvgIpc) is 3.66. The third-order valence-corrected chi connectivity index (χ3v) is 10.2. The smallest absolute Gasteiger partial charge is 0.328 e. The van der Waals surface area contributed by atoms with Crippen LogP contribution in [-0.2, 0) is 49.5 Å². The van der Waals surface area contributed by atoms with Crippen molar-refractivity contribution in [3.05, 3.63) is 83.7 Å². The number of aliphatic carboxylic acids is 1. The maximum Gasteiger partial charge on any atom is 0.328 e. The Morgan fingerprint density at radius 3 is 2.08 bits per heavy atom. The van der Waals surface area contributed by atoms with E-state index < -0.39 is 72.0 Å². The minimum atomic E-state index is -1.53. The molecule has 4 amide bonds. The molecule has 3 atom stereocenters. The SMILES string of the molecule is CC(C)(C)C(c1cc(-c2cc(F)ccc2F)cn1Cc1ccccc1)N(CC[C@H](N)C(=O)N[C@H](CNC(=O)CCOCCOCCOCCOCCNC(=O)CBr)C(=O)O)C(=O)CO. The number of aromatic nitrogens is 1. The van der Waals surface area contributed by atoms with Crippen LogP contribution in [0.4, 0.5) is 8.78 Å². The normalized spacial score (nSPS) is 12.9. The zero-order valence-corrected chi connectivity index (χ0v) is 38.1. The van der Waals surface area contributed by atoms with Gasteiger partial charge in [0.05, 0.1) is 70.3 Å². The minimum absolute atomic E-state index is 0.0165. The number of rotatable bonds is 30. The molecule has 64 heavy (non-hydrogen) atoms. The van der Waals surface area contributed by atoms with Gasteiger partial charge < -0.3 is 60.3 Å². The molecule has 1 aromatic heterocycles. The maximum absolute atomic E-state index is 15.1. The van der Waals surface area contributed by atoms with Crippen LogP contribution >= 0.6 is 15.9 Å². The van der Waals surface area contributed by atoms with Gasteiger partial charge in [0.2, 0.25) is 23.6 Å². The van der Waals surface area contributed by atoms with Gasteiger partial charge in [-0.25, -0.2) is 13.6 Å². The molecule has 0 saturated carbocycles. The summed E-state index contributed by atoms with van der Waals surface area (Å²) in [4.78, 5) is 63.7. The topological polar surface area (TPSA) is 233 Å². The van der Waals surface area contributed by atoms with Gasteiger partial charge in [-0.3, -0.25) is 19.2 Å². The number of alkyl halides is 1. The summed E-state index contributed by atoms with van der Waals surface area (Å²) < 4.78 is 52.8. The lowest BCUT2D eigenvalue weighted by Crippen LogP contribution is -2.53. The Bertz CT molecular complexity index is 1930. The first-order valence-corrected chi connectivity index (χ1v) is 22.0. The molecule has 0 radical (unpaired) electrons. The zero-order valence-electron chi connectivity index (χ0n) is 36.5. The van der Waals surface area contributed by atoms with Crippen molar-refractivity contribution in [1.29, 1.82) is 0 Å². The first-order chi connectivity index (χ1) is 30.5. The summed E-state index contributed by atoms with van der Waals surface area (Å²) in [5.41, 5.74) is 7.34. The van der Waals surface area contributed by atoms with Crippen LogP contribution in [0, 0.1) is 17.0 Å². The van der Waals surface area contributed by atoms with Gasteiger partial charge in [0, 0.05) is 55.6 Å². The molecule has 3 rings (SSSR count). The Morgan fingerprint density at radius 1 is 0.859 bits per heavy atom. The number of nitrogens with one attached hydrogen (secondary N) is 3. The fourth-order valence-electron chi connectivity index (χ4n) is 6.53. The molecule has 0 spiro atoms. The van der Waals surface area contributed by atoms with E-state index in [2.05, 4.69) is 31.9 Å². The lowest BCUT2D eigenvalue weighted by molar-refractivity contribution is -0.142. The van der Waals surface area contributed by atoms with Crippen LogP contribution in [0.25, 0.3) is 11.1 Å². The van der Waals surface area contributed by atoms with E-state index in [1.165, 1.54) is 4.90 Å². The number of amides is 4. The number of aliphatic hydroxyl groups excluding tert-OH is 1. The van der Waals surface area contributed by atoms with E-state index in [4.69, 9.17) is 24.7 Å². The highest BCUT2D eigenvalue weighted by Crippen LogP contribution is 2.41. The number of nitrogens with zero attached hydrogens (tertiary/aromatic N) is 2. The van der Waals surface area contributed by atoms with Crippen molar-refractivity contribution in [3.63, 3.8) is 0 Å². The van der Waals surface area contributed by atoms with Gasteiger partial charge in [0.25, 0.3) is 0 Å². The Morgan fingerprint density at radius 2 is 1.48 bits per heavy atom. The fraction of sp³-hybridized carbons (Fsp3) is 0.523. The summed E-state index contributed by atoms with van der Waals surface area (Å²) in [5.74, 6) is -4.86. The number of hydrogen-bond donors (Lipinski definition) is 6. The van der Waals surface area contributed by atoms with Crippen molar-refractivity contribution in [2.24, 2.45) is 11.1 Å². The molecule has 0 fully saturated rings. The Hall–Kier alpha value is -4.83. The minimum Gasteiger partial charge on any atom is -0.480 e. The lowest BCUT2D eigenvalue weighted by Gasteiger charge is -2.41. The average molecular weight is 968 g/mol. The largest absolute Gasteiger partial charge is 0.480 e. The molecular weight excluding hydrogens is 906 g/mol. The van der Waals surface area contributed by atoms with Gasteiger partial charge in [0.1, 0.15) is 24.3 Å². The van der Waals surface area contributed by atoms with Crippen LogP contribution in [0.3, 0.4) is 0 Å². The highest BCUT2D eigenvalue weighted by atomic mass is 79.9. The van der Waals surface area contributed by atoms with Crippen molar-refractivity contribution in [2.75, 3.05) is 84.4 Å². The number of ether oxygens (including phenoxy) is 4. The molecule has 354 valence electrons. The number of nitrogens with two attached hydrogens (primary N) is 1. The van der Waals surface area contributed by atoms with E-state index >= 15 is 4.39 Å². The lowest BCUT2D eigenvalue weighted by atomic mass is 9.82. The summed E-state index contributed by atoms with van der Waals surface area (Å²) in [6.45, 7) is 7.12. The van der Waals surface area contributed by atoms with Gasteiger partial charge in [-0.2, -0.15) is 0 Å². The second-order valence-corrected chi connectivity index (χ2v) is 16.2. The van der Waals surface area contributed by atoms with Crippen molar-refractivity contribution in [2.45, 2.75) is 58.3 Å². The molecule has 0 saturated heterocycles. The second kappa shape index (κ2) is 28.2. The zero-order chi connectivity index (χ0) is 47.1. The molecule has 1 unspecified atom stereocenters. The van der Waals surface area contributed by atoms with Gasteiger partial charge in [0.15, 0.2) is 0 Å². The fourth-order valence-corrected chi connectivity index (χ4v) is 6.73. The Labute approximate surface area is 380 Å². The van der Waals surface area contributed by atoms with Crippen molar-refractivity contribution >= 4 is 45.5 Å². The standard InChI is InChI=1S/C44H61BrF2N6O11/c1-44(2,3)41(37-23-31(33-24-32(46)9-10-34(33)47)28-52(37)27-30-7-5-4-6-8-30)53(40(57)29-54)14-11-35(48)42(58)51-36(43(59)60)26-50-38(55)12-15-61-17-19-63-21-22-64-20-18-62-16-13-49-39(56)25-45/h4-10,23-24,28,35-36,41,54H,11-22,25-27,29,48H2,1-3H3,(H,49,56)(H,50,55)(H,51,58)(H,59,60)/t35-,36+,41?/m0/s1. The highest BCUT2D eigenvalue weighted by molar-refractivity contribution is 9.09. The molecule has 0 bridgehead atoms. The molecule has 20 heteroatoms. The predicted octanol–water partition coefficient (Wildman–Crippen LogP) is 2.76. The van der Waals surface area contributed by atoms with Gasteiger partial charge in [-0.05, 0) is 41.7 Å². The molecule has 17 nitrogen and oxygen atoms in total. The molecular formula is C44H61BrF2N6O11. The molecule has 7 N–H and O–H groups in total. The van der Waals surface area contributed by atoms with E-state index in [0.29, 0.717) is 57.4 Å². The highest BCUT2D eigenvalue weighted by Gasteiger charge is 2.37. The first kappa shape index (κ1) is 53.5. The summed E-state index contributed by atoms with van der Waals surface area (Å²) in [6.07, 6.45) is 1.44. The third kappa shape index (κ3) is 18.7. The van der Waals surface area contributed by atoms with Gasteiger partial charge in [-0.1, -0.05) is 67.0 Å². The Kier molecular flexibility index (Phi) is 23.5. The number of hydrogen-bond acceptors (Lipinski definition) is 11. The van der Waals surface area contributed by atoms with E-state index in [1.54, 1.807) is 12.3 Å². The van der Waals surface area contributed by atoms with Crippen LogP contribution in [0.15, 0.2) is 60.8 Å². The van der Waals surface area contributed by atoms with Crippen LogP contribution in [0.2, 0.25) is 0 Å². The van der Waals surface area contributed by atoms with Gasteiger partial charge >= 0.3 is 5.97 Å². The van der Waals surface area contributed by atoms with E-state index in [-0.39, 0.29) is 56.0 Å². The van der Waals surface area contributed by atoms with Crippen LogP contribution in [0.1, 0.15) is 50.9 Å². The molecule has 0 aliphatic carbocycles. The number of carbonyl (C=O) groups excluding carboxylic acids is 4. The number of carbonyl (C=O) groups is 5. The number of carboxylic acid groups (broad SMARTS) is 1. The van der Waals surface area contributed by atoms with Gasteiger partial charge in [-0.15, -0.1) is 0 Å². The summed E-state index contributed by atoms with van der Waals surface area (Å²) >= 11 is 3.06. The number of aliphatic hydroxyl groups is 1. The van der Waals surface area contributed by atoms with Crippen LogP contribution < -0.4 is 21.7 Å². The van der Waals surface area contributed by atoms with Crippen molar-refractivity contribution in [3.8, 4) is 11.1 Å². The van der Waals surface area contributed by atoms with Crippen molar-refractivity contribution < 1.29 is 61.9 Å². The van der Waals surface area contributed by atoms with Crippen molar-refractivity contribution in [1.82, 2.24) is 25.4 Å². The molecule has 1 heterocycles. The second-order valence-electron chi connectivity index (χ2n) is 15.7. The number of halogens is 3. The number of carboxylic acids is 1.